The van der Waals surface area contributed by atoms with E-state index in [0.717, 1.165) is 61.2 Å². The van der Waals surface area contributed by atoms with Gasteiger partial charge in [-0.05, 0) is 50.4 Å². The first-order valence-electron chi connectivity index (χ1n) is 12.1. The molecule has 0 saturated carbocycles. The largest absolute Gasteiger partial charge is 0.352 e. The van der Waals surface area contributed by atoms with E-state index in [2.05, 4.69) is 28.2 Å². The molecule has 4 aliphatic heterocycles. The highest BCUT2D eigenvalue weighted by atomic mass is 16.5. The number of ether oxygens (including phenoxy) is 1. The molecule has 2 atom stereocenters. The molecule has 0 aliphatic carbocycles. The SMILES string of the molecule is CN1CCCC(C(=O)N2CCC3(CC2)OC(C(=O)N2Cc4cn[nH]c4C2)c2ccccc23)C1. The van der Waals surface area contributed by atoms with Crippen molar-refractivity contribution in [1.82, 2.24) is 24.9 Å². The minimum atomic E-state index is -0.590. The zero-order valence-electron chi connectivity index (χ0n) is 19.1. The fraction of sp³-hybridized carbons (Fsp3) is 0.560. The van der Waals surface area contributed by atoms with E-state index in [0.29, 0.717) is 26.2 Å². The Bertz CT molecular complexity index is 1050. The lowest BCUT2D eigenvalue weighted by molar-refractivity contribution is -0.164. The summed E-state index contributed by atoms with van der Waals surface area (Å²) in [5.41, 5.74) is 3.68. The van der Waals surface area contributed by atoms with Gasteiger partial charge in [0.2, 0.25) is 5.91 Å². The van der Waals surface area contributed by atoms with Crippen LogP contribution in [0.2, 0.25) is 0 Å². The van der Waals surface area contributed by atoms with E-state index in [-0.39, 0.29) is 17.7 Å². The number of carbonyl (C=O) groups excluding carboxylic acids is 2. The smallest absolute Gasteiger partial charge is 0.257 e. The van der Waals surface area contributed by atoms with Gasteiger partial charge in [-0.15, -0.1) is 0 Å². The van der Waals surface area contributed by atoms with E-state index >= 15 is 0 Å². The molecular weight excluding hydrogens is 418 g/mol. The summed E-state index contributed by atoms with van der Waals surface area (Å²) < 4.78 is 6.64. The van der Waals surface area contributed by atoms with Crippen molar-refractivity contribution in [3.05, 3.63) is 52.8 Å². The Labute approximate surface area is 193 Å². The van der Waals surface area contributed by atoms with Crippen LogP contribution >= 0.6 is 0 Å². The maximum absolute atomic E-state index is 13.5. The van der Waals surface area contributed by atoms with E-state index in [9.17, 15) is 9.59 Å². The van der Waals surface area contributed by atoms with Gasteiger partial charge in [-0.2, -0.15) is 5.10 Å². The van der Waals surface area contributed by atoms with Gasteiger partial charge in [-0.25, -0.2) is 0 Å². The summed E-state index contributed by atoms with van der Waals surface area (Å²) in [4.78, 5) is 32.8. The zero-order chi connectivity index (χ0) is 22.6. The quantitative estimate of drug-likeness (QED) is 0.760. The molecule has 1 N–H and O–H groups in total. The molecule has 0 bridgehead atoms. The fourth-order valence-electron chi connectivity index (χ4n) is 6.16. The standard InChI is InChI=1S/C25H31N5O3/c1-28-10-4-5-17(14-28)23(31)29-11-8-25(9-12-29)20-7-3-2-6-19(20)22(33-25)24(32)30-15-18-13-26-27-21(18)16-30/h2-3,6-7,13,17,22H,4-5,8-12,14-16H2,1H3,(H,26,27). The molecule has 1 aromatic carbocycles. The molecule has 8 nitrogen and oxygen atoms in total. The molecule has 8 heteroatoms. The molecule has 1 aromatic heterocycles. The summed E-state index contributed by atoms with van der Waals surface area (Å²) in [5, 5.41) is 7.06. The van der Waals surface area contributed by atoms with E-state index in [1.807, 2.05) is 28.0 Å². The molecule has 174 valence electrons. The van der Waals surface area contributed by atoms with Crippen molar-refractivity contribution in [2.24, 2.45) is 5.92 Å². The normalized spacial score (nSPS) is 26.5. The van der Waals surface area contributed by atoms with E-state index < -0.39 is 11.7 Å². The number of nitrogens with one attached hydrogen (secondary N) is 1. The van der Waals surface area contributed by atoms with Crippen LogP contribution in [0, 0.1) is 5.92 Å². The lowest BCUT2D eigenvalue weighted by Gasteiger charge is -2.41. The molecule has 2 amide bonds. The molecular formula is C25H31N5O3. The molecule has 5 heterocycles. The van der Waals surface area contributed by atoms with Crippen LogP contribution in [-0.4, -0.2) is 69.9 Å². The third kappa shape index (κ3) is 3.47. The lowest BCUT2D eigenvalue weighted by atomic mass is 9.83. The highest BCUT2D eigenvalue weighted by Gasteiger charge is 2.50. The third-order valence-corrected chi connectivity index (χ3v) is 7.99. The molecule has 1 spiro atoms. The minimum absolute atomic E-state index is 0.00711. The second-order valence-electron chi connectivity index (χ2n) is 10.1. The summed E-state index contributed by atoms with van der Waals surface area (Å²) in [7, 11) is 2.10. The number of aromatic amines is 1. The second kappa shape index (κ2) is 7.95. The van der Waals surface area contributed by atoms with Crippen LogP contribution in [0.25, 0.3) is 0 Å². The monoisotopic (exact) mass is 449 g/mol. The minimum Gasteiger partial charge on any atom is -0.352 e. The first-order valence-corrected chi connectivity index (χ1v) is 12.1. The van der Waals surface area contributed by atoms with Gasteiger partial charge in [0, 0.05) is 31.7 Å². The van der Waals surface area contributed by atoms with Crippen molar-refractivity contribution < 1.29 is 14.3 Å². The Morgan fingerprint density at radius 1 is 1.09 bits per heavy atom. The maximum atomic E-state index is 13.5. The highest BCUT2D eigenvalue weighted by Crippen LogP contribution is 2.50. The fourth-order valence-corrected chi connectivity index (χ4v) is 6.16. The number of hydrogen-bond donors (Lipinski definition) is 1. The number of hydrogen-bond acceptors (Lipinski definition) is 5. The van der Waals surface area contributed by atoms with E-state index in [1.165, 1.54) is 0 Å². The Morgan fingerprint density at radius 2 is 1.91 bits per heavy atom. The van der Waals surface area contributed by atoms with Crippen molar-refractivity contribution in [1.29, 1.82) is 0 Å². The van der Waals surface area contributed by atoms with E-state index in [1.54, 1.807) is 6.20 Å². The molecule has 2 saturated heterocycles. The Hall–Kier alpha value is -2.71. The average Bonchev–Trinajstić information content (AvgIpc) is 3.52. The van der Waals surface area contributed by atoms with Gasteiger partial charge >= 0.3 is 0 Å². The van der Waals surface area contributed by atoms with Gasteiger partial charge in [0.15, 0.2) is 6.10 Å². The second-order valence-corrected chi connectivity index (χ2v) is 10.1. The number of likely N-dealkylation sites (tertiary alicyclic amines) is 2. The van der Waals surface area contributed by atoms with E-state index in [4.69, 9.17) is 4.74 Å². The van der Waals surface area contributed by atoms with Crippen molar-refractivity contribution in [3.63, 3.8) is 0 Å². The average molecular weight is 450 g/mol. The van der Waals surface area contributed by atoms with Crippen LogP contribution in [-0.2, 0) is 33.0 Å². The van der Waals surface area contributed by atoms with Crippen molar-refractivity contribution in [2.45, 2.75) is 50.5 Å². The number of aromatic nitrogens is 2. The van der Waals surface area contributed by atoms with Crippen molar-refractivity contribution in [2.75, 3.05) is 33.2 Å². The Morgan fingerprint density at radius 3 is 2.70 bits per heavy atom. The van der Waals surface area contributed by atoms with Crippen molar-refractivity contribution in [3.8, 4) is 0 Å². The first-order chi connectivity index (χ1) is 16.0. The number of fused-ring (bicyclic) bond motifs is 3. The number of amides is 2. The zero-order valence-corrected chi connectivity index (χ0v) is 19.1. The summed E-state index contributed by atoms with van der Waals surface area (Å²) in [6.45, 7) is 4.39. The molecule has 4 aliphatic rings. The number of piperidine rings is 2. The highest BCUT2D eigenvalue weighted by molar-refractivity contribution is 5.84. The summed E-state index contributed by atoms with van der Waals surface area (Å²) in [5.74, 6) is 0.389. The summed E-state index contributed by atoms with van der Waals surface area (Å²) in [6, 6.07) is 8.14. The summed E-state index contributed by atoms with van der Waals surface area (Å²) in [6.07, 6.45) is 4.72. The first kappa shape index (κ1) is 20.9. The van der Waals surface area contributed by atoms with Crippen LogP contribution in [0.1, 0.15) is 54.2 Å². The third-order valence-electron chi connectivity index (χ3n) is 7.99. The van der Waals surface area contributed by atoms with Gasteiger partial charge in [-0.1, -0.05) is 24.3 Å². The Kier molecular flexibility index (Phi) is 5.03. The van der Waals surface area contributed by atoms with Gasteiger partial charge in [0.25, 0.3) is 5.91 Å². The number of H-pyrrole nitrogens is 1. The van der Waals surface area contributed by atoms with Crippen LogP contribution in [0.15, 0.2) is 30.5 Å². The predicted octanol–water partition coefficient (Wildman–Crippen LogP) is 2.18. The molecule has 6 rings (SSSR count). The lowest BCUT2D eigenvalue weighted by Crippen LogP contribution is -2.49. The number of carbonyl (C=O) groups is 2. The van der Waals surface area contributed by atoms with Crippen LogP contribution < -0.4 is 0 Å². The molecule has 2 unspecified atom stereocenters. The van der Waals surface area contributed by atoms with Crippen LogP contribution in [0.4, 0.5) is 0 Å². The van der Waals surface area contributed by atoms with Gasteiger partial charge < -0.3 is 19.4 Å². The number of benzene rings is 1. The summed E-state index contributed by atoms with van der Waals surface area (Å²) >= 11 is 0. The van der Waals surface area contributed by atoms with Crippen LogP contribution in [0.5, 0.6) is 0 Å². The van der Waals surface area contributed by atoms with Crippen molar-refractivity contribution >= 4 is 11.8 Å². The predicted molar refractivity (Wildman–Crippen MR) is 121 cm³/mol. The number of nitrogens with zero attached hydrogens (tertiary/aromatic N) is 4. The maximum Gasteiger partial charge on any atom is 0.257 e. The number of rotatable bonds is 2. The molecule has 2 aromatic rings. The Balaban J connectivity index is 1.18. The topological polar surface area (TPSA) is 81.8 Å². The van der Waals surface area contributed by atoms with Gasteiger partial charge in [0.1, 0.15) is 0 Å². The molecule has 0 radical (unpaired) electrons. The molecule has 33 heavy (non-hydrogen) atoms. The van der Waals surface area contributed by atoms with Gasteiger partial charge in [0.05, 0.1) is 30.0 Å². The molecule has 2 fully saturated rings. The van der Waals surface area contributed by atoms with Crippen LogP contribution in [0.3, 0.4) is 0 Å². The van der Waals surface area contributed by atoms with Gasteiger partial charge in [-0.3, -0.25) is 14.7 Å².